The zero-order valence-corrected chi connectivity index (χ0v) is 15.5. The summed E-state index contributed by atoms with van der Waals surface area (Å²) in [4.78, 5) is 26.4. The van der Waals surface area contributed by atoms with Crippen molar-refractivity contribution in [2.24, 2.45) is 7.05 Å². The molecule has 0 saturated heterocycles. The normalized spacial score (nSPS) is 10.6. The first kappa shape index (κ1) is 19.1. The molecule has 1 heterocycles. The topological polar surface area (TPSA) is 87.5 Å². The summed E-state index contributed by atoms with van der Waals surface area (Å²) in [6.07, 6.45) is 1.25. The van der Waals surface area contributed by atoms with Crippen LogP contribution in [-0.2, 0) is 7.05 Å². The fourth-order valence-corrected chi connectivity index (χ4v) is 2.83. The van der Waals surface area contributed by atoms with E-state index < -0.39 is 5.78 Å². The molecule has 2 aromatic rings. The lowest BCUT2D eigenvalue weighted by atomic mass is 10.0. The lowest BCUT2D eigenvalue weighted by Gasteiger charge is -2.20. The van der Waals surface area contributed by atoms with Gasteiger partial charge in [-0.25, -0.2) is 9.48 Å². The average Bonchev–Trinajstić information content (AvgIpc) is 2.91. The van der Waals surface area contributed by atoms with Crippen molar-refractivity contribution in [3.05, 3.63) is 39.5 Å². The number of aromatic nitrogens is 2. The van der Waals surface area contributed by atoms with E-state index in [2.05, 4.69) is 10.4 Å². The van der Waals surface area contributed by atoms with Gasteiger partial charge in [0.15, 0.2) is 0 Å². The van der Waals surface area contributed by atoms with Gasteiger partial charge in [0.05, 0.1) is 21.9 Å². The van der Waals surface area contributed by atoms with Gasteiger partial charge >= 0.3 is 6.03 Å². The van der Waals surface area contributed by atoms with E-state index in [1.165, 1.54) is 30.1 Å². The van der Waals surface area contributed by atoms with Gasteiger partial charge in [-0.05, 0) is 26.0 Å². The molecule has 134 valence electrons. The number of amides is 2. The molecule has 1 aromatic heterocycles. The number of aryl methyl sites for hydroxylation is 1. The van der Waals surface area contributed by atoms with Gasteiger partial charge in [0.1, 0.15) is 5.56 Å². The fourth-order valence-electron chi connectivity index (χ4n) is 2.28. The summed E-state index contributed by atoms with van der Waals surface area (Å²) >= 11 is 12.4. The number of carbonyl (C=O) groups is 2. The van der Waals surface area contributed by atoms with E-state index in [1.807, 2.05) is 13.8 Å². The van der Waals surface area contributed by atoms with Gasteiger partial charge in [-0.2, -0.15) is 5.10 Å². The maximum atomic E-state index is 12.6. The lowest BCUT2D eigenvalue weighted by Crippen LogP contribution is -2.34. The van der Waals surface area contributed by atoms with Crippen molar-refractivity contribution in [3.8, 4) is 5.88 Å². The molecular formula is C16H18Cl2N4O3. The highest BCUT2D eigenvalue weighted by Crippen LogP contribution is 2.35. The monoisotopic (exact) mass is 384 g/mol. The number of benzene rings is 1. The van der Waals surface area contributed by atoms with E-state index in [-0.39, 0.29) is 38.8 Å². The highest BCUT2D eigenvalue weighted by Gasteiger charge is 2.23. The van der Waals surface area contributed by atoms with Crippen molar-refractivity contribution in [1.29, 1.82) is 0 Å². The number of halogens is 2. The molecule has 0 fully saturated rings. The third-order valence-electron chi connectivity index (χ3n) is 3.77. The Labute approximate surface area is 155 Å². The highest BCUT2D eigenvalue weighted by molar-refractivity contribution is 6.42. The van der Waals surface area contributed by atoms with E-state index in [0.29, 0.717) is 13.1 Å². The van der Waals surface area contributed by atoms with Gasteiger partial charge in [-0.1, -0.05) is 23.2 Å². The number of hydrogen-bond acceptors (Lipinski definition) is 4. The Morgan fingerprint density at radius 1 is 1.24 bits per heavy atom. The number of carbonyl (C=O) groups excluding carboxylic acids is 2. The van der Waals surface area contributed by atoms with Crippen molar-refractivity contribution in [3.63, 3.8) is 0 Å². The van der Waals surface area contributed by atoms with E-state index >= 15 is 0 Å². The third-order valence-corrected chi connectivity index (χ3v) is 4.48. The van der Waals surface area contributed by atoms with Crippen molar-refractivity contribution >= 4 is 40.7 Å². The number of nitrogens with zero attached hydrogens (tertiary/aromatic N) is 3. The molecule has 0 spiro atoms. The highest BCUT2D eigenvalue weighted by atomic mass is 35.5. The minimum absolute atomic E-state index is 0.00117. The first-order valence-corrected chi connectivity index (χ1v) is 8.36. The molecule has 2 N–H and O–H groups in total. The molecule has 0 aliphatic carbocycles. The standard InChI is InChI=1S/C16H18Cl2N4O3/c1-4-22(5-2)16(25)20-13-11(17)7-6-9(12(13)18)14(23)10-8-19-21(3)15(10)24/h6-8,24H,4-5H2,1-3H3,(H,20,25). The van der Waals surface area contributed by atoms with Crippen molar-refractivity contribution in [2.75, 3.05) is 18.4 Å². The Morgan fingerprint density at radius 3 is 2.40 bits per heavy atom. The molecule has 25 heavy (non-hydrogen) atoms. The minimum Gasteiger partial charge on any atom is -0.493 e. The van der Waals surface area contributed by atoms with Crippen LogP contribution in [0.15, 0.2) is 18.3 Å². The maximum absolute atomic E-state index is 12.6. The average molecular weight is 385 g/mol. The second-order valence-corrected chi connectivity index (χ2v) is 6.01. The predicted octanol–water partition coefficient (Wildman–Crippen LogP) is 3.54. The minimum atomic E-state index is -0.523. The molecule has 0 unspecified atom stereocenters. The SMILES string of the molecule is CCN(CC)C(=O)Nc1c(Cl)ccc(C(=O)c2cnn(C)c2O)c1Cl. The zero-order valence-electron chi connectivity index (χ0n) is 14.0. The lowest BCUT2D eigenvalue weighted by molar-refractivity contribution is 0.103. The van der Waals surface area contributed by atoms with Gasteiger partial charge in [0, 0.05) is 25.7 Å². The number of nitrogens with one attached hydrogen (secondary N) is 1. The number of aromatic hydroxyl groups is 1. The first-order chi connectivity index (χ1) is 11.8. The molecule has 0 radical (unpaired) electrons. The quantitative estimate of drug-likeness (QED) is 0.771. The molecule has 1 aromatic carbocycles. The molecule has 9 heteroatoms. The van der Waals surface area contributed by atoms with E-state index in [1.54, 1.807) is 4.90 Å². The van der Waals surface area contributed by atoms with Crippen LogP contribution < -0.4 is 5.32 Å². The van der Waals surface area contributed by atoms with Gasteiger partial charge < -0.3 is 15.3 Å². The molecule has 2 rings (SSSR count). The van der Waals surface area contributed by atoms with Gasteiger partial charge in [-0.15, -0.1) is 0 Å². The molecule has 0 saturated carbocycles. The second-order valence-electron chi connectivity index (χ2n) is 5.22. The molecular weight excluding hydrogens is 367 g/mol. The number of hydrogen-bond donors (Lipinski definition) is 2. The fraction of sp³-hybridized carbons (Fsp3) is 0.312. The van der Waals surface area contributed by atoms with Crippen molar-refractivity contribution < 1.29 is 14.7 Å². The Bertz CT molecular complexity index is 816. The number of urea groups is 1. The van der Waals surface area contributed by atoms with Crippen LogP contribution in [-0.4, -0.2) is 44.7 Å². The van der Waals surface area contributed by atoms with Crippen LogP contribution in [0.3, 0.4) is 0 Å². The molecule has 0 bridgehead atoms. The summed E-state index contributed by atoms with van der Waals surface area (Å²) in [5.41, 5.74) is 0.256. The Balaban J connectivity index is 2.41. The van der Waals surface area contributed by atoms with Crippen LogP contribution in [0.2, 0.25) is 10.0 Å². The van der Waals surface area contributed by atoms with Crippen LogP contribution in [0.5, 0.6) is 5.88 Å². The van der Waals surface area contributed by atoms with Crippen LogP contribution in [0, 0.1) is 0 Å². The van der Waals surface area contributed by atoms with Crippen LogP contribution in [0.1, 0.15) is 29.8 Å². The molecule has 2 amide bonds. The Morgan fingerprint density at radius 2 is 1.88 bits per heavy atom. The first-order valence-electron chi connectivity index (χ1n) is 7.61. The van der Waals surface area contributed by atoms with Gasteiger partial charge in [0.2, 0.25) is 11.7 Å². The molecule has 0 atom stereocenters. The Kier molecular flexibility index (Phi) is 5.92. The van der Waals surface area contributed by atoms with E-state index in [4.69, 9.17) is 23.2 Å². The van der Waals surface area contributed by atoms with Crippen molar-refractivity contribution in [1.82, 2.24) is 14.7 Å². The van der Waals surface area contributed by atoms with Gasteiger partial charge in [-0.3, -0.25) is 4.79 Å². The summed E-state index contributed by atoms with van der Waals surface area (Å²) in [6, 6.07) is 2.53. The smallest absolute Gasteiger partial charge is 0.321 e. The third kappa shape index (κ3) is 3.72. The largest absolute Gasteiger partial charge is 0.493 e. The molecule has 7 nitrogen and oxygen atoms in total. The summed E-state index contributed by atoms with van der Waals surface area (Å²) in [5.74, 6) is -0.796. The van der Waals surface area contributed by atoms with Crippen molar-refractivity contribution in [2.45, 2.75) is 13.8 Å². The predicted molar refractivity (Wildman–Crippen MR) is 96.7 cm³/mol. The summed E-state index contributed by atoms with van der Waals surface area (Å²) < 4.78 is 1.17. The van der Waals surface area contributed by atoms with E-state index in [0.717, 1.165) is 0 Å². The summed E-state index contributed by atoms with van der Waals surface area (Å²) in [6.45, 7) is 4.72. The van der Waals surface area contributed by atoms with Crippen LogP contribution >= 0.6 is 23.2 Å². The zero-order chi connectivity index (χ0) is 18.7. The van der Waals surface area contributed by atoms with Gasteiger partial charge in [0.25, 0.3) is 0 Å². The molecule has 0 aliphatic heterocycles. The number of rotatable bonds is 5. The maximum Gasteiger partial charge on any atom is 0.321 e. The van der Waals surface area contributed by atoms with Crippen LogP contribution in [0.4, 0.5) is 10.5 Å². The summed E-state index contributed by atoms with van der Waals surface area (Å²) in [7, 11) is 1.51. The van der Waals surface area contributed by atoms with Crippen LogP contribution in [0.25, 0.3) is 0 Å². The number of ketones is 1. The second kappa shape index (κ2) is 7.76. The molecule has 0 aliphatic rings. The summed E-state index contributed by atoms with van der Waals surface area (Å²) in [5, 5.41) is 16.6. The van der Waals surface area contributed by atoms with E-state index in [9.17, 15) is 14.7 Å². The Hall–Kier alpha value is -2.25. The number of anilines is 1.